The summed E-state index contributed by atoms with van der Waals surface area (Å²) in [5.41, 5.74) is 5.47. The number of carbonyl (C=O) groups is 1. The zero-order valence-corrected chi connectivity index (χ0v) is 16.3. The third-order valence-corrected chi connectivity index (χ3v) is 7.61. The third kappa shape index (κ3) is 3.06. The van der Waals surface area contributed by atoms with Gasteiger partial charge in [-0.05, 0) is 60.6 Å². The molecule has 0 radical (unpaired) electrons. The first kappa shape index (κ1) is 17.0. The van der Waals surface area contributed by atoms with E-state index < -0.39 is 20.7 Å². The second kappa shape index (κ2) is 7.05. The number of nitrogens with zero attached hydrogens (tertiary/aromatic N) is 3. The van der Waals surface area contributed by atoms with Crippen LogP contribution in [0.15, 0.2) is 27.5 Å². The van der Waals surface area contributed by atoms with Crippen LogP contribution in [0.2, 0.25) is 0 Å². The predicted octanol–water partition coefficient (Wildman–Crippen LogP) is 2.93. The second-order valence-corrected chi connectivity index (χ2v) is 9.30. The van der Waals surface area contributed by atoms with Crippen LogP contribution in [-0.2, 0) is 17.6 Å². The molecule has 130 valence electrons. The number of aryl methyl sites for hydroxylation is 2. The Hall–Kier alpha value is -2.45. The molecule has 3 aliphatic rings. The number of nitrogens with one attached hydrogen (secondary N) is 1. The molecule has 3 aliphatic heterocycles. The Bertz CT molecular complexity index is 944. The fourth-order valence-corrected chi connectivity index (χ4v) is 5.74. The van der Waals surface area contributed by atoms with Gasteiger partial charge in [0.2, 0.25) is 0 Å². The summed E-state index contributed by atoms with van der Waals surface area (Å²) in [5, 5.41) is 20.7. The average Bonchev–Trinajstić information content (AvgIpc) is 2.67. The molecule has 0 fully saturated rings. The summed E-state index contributed by atoms with van der Waals surface area (Å²) in [6.07, 6.45) is 8.41. The summed E-state index contributed by atoms with van der Waals surface area (Å²) in [4.78, 5) is 14.7. The van der Waals surface area contributed by atoms with E-state index in [1.165, 1.54) is 29.7 Å². The van der Waals surface area contributed by atoms with Crippen molar-refractivity contribution in [1.82, 2.24) is 5.32 Å². The number of hydrogen-bond donors (Lipinski definition) is 1. The number of hydrogen-bond acceptors (Lipinski definition) is 4. The molecule has 0 unspecified atom stereocenters. The minimum Gasteiger partial charge on any atom is -0.371 e. The normalized spacial score (nSPS) is 19.1. The number of benzene rings is 1. The molecule has 6 heteroatoms. The molecule has 1 amide bonds. The Kier molecular flexibility index (Phi) is 4.60. The van der Waals surface area contributed by atoms with Crippen LogP contribution in [0.4, 0.5) is 5.69 Å². The van der Waals surface area contributed by atoms with Gasteiger partial charge in [0, 0.05) is 18.8 Å². The second-order valence-electron chi connectivity index (χ2n) is 6.52. The number of amides is 1. The SMILES string of the molecule is N#CC1=C(C#N)I=C(/C=C/c2cc3c4c(c2)CCCN4CCC3)C(=O)N1. The minimum absolute atomic E-state index is 0.112. The van der Waals surface area contributed by atoms with Crippen molar-refractivity contribution in [2.45, 2.75) is 25.7 Å². The van der Waals surface area contributed by atoms with Gasteiger partial charge in [-0.1, -0.05) is 26.8 Å². The number of nitriles is 2. The topological polar surface area (TPSA) is 79.9 Å². The van der Waals surface area contributed by atoms with E-state index in [0.717, 1.165) is 31.5 Å². The standard InChI is InChI=1S/C20H17IN4O/c22-11-17-18(12-23)24-20(26)16(21-17)6-5-13-9-14-3-1-7-25-8-2-4-15(10-13)19(14)25/h5-6,9-10H,1-4,7-8H2,(H,24,26)/b6-5+. The van der Waals surface area contributed by atoms with Crippen molar-refractivity contribution in [3.8, 4) is 12.1 Å². The first-order valence-electron chi connectivity index (χ1n) is 8.66. The van der Waals surface area contributed by atoms with Crippen LogP contribution in [0.5, 0.6) is 0 Å². The highest BCUT2D eigenvalue weighted by Crippen LogP contribution is 2.36. The lowest BCUT2D eigenvalue weighted by atomic mass is 9.90. The average molecular weight is 456 g/mol. The number of halogens is 1. The van der Waals surface area contributed by atoms with Crippen molar-refractivity contribution < 1.29 is 4.79 Å². The van der Waals surface area contributed by atoms with Crippen LogP contribution in [0.1, 0.15) is 29.5 Å². The van der Waals surface area contributed by atoms with Gasteiger partial charge in [-0.15, -0.1) is 0 Å². The largest absolute Gasteiger partial charge is 0.371 e. The van der Waals surface area contributed by atoms with Crippen LogP contribution >= 0.6 is 20.7 Å². The van der Waals surface area contributed by atoms with Gasteiger partial charge in [0.05, 0.1) is 3.51 Å². The molecule has 0 saturated heterocycles. The van der Waals surface area contributed by atoms with Crippen molar-refractivity contribution in [3.63, 3.8) is 0 Å². The predicted molar refractivity (Wildman–Crippen MR) is 110 cm³/mol. The highest BCUT2D eigenvalue weighted by molar-refractivity contribution is 14.2. The van der Waals surface area contributed by atoms with E-state index in [2.05, 4.69) is 28.4 Å². The fourth-order valence-electron chi connectivity index (χ4n) is 3.78. The molecule has 26 heavy (non-hydrogen) atoms. The maximum Gasteiger partial charge on any atom is 0.262 e. The zero-order chi connectivity index (χ0) is 18.1. The van der Waals surface area contributed by atoms with E-state index >= 15 is 0 Å². The van der Waals surface area contributed by atoms with Gasteiger partial charge in [-0.2, -0.15) is 10.5 Å². The minimum atomic E-state index is -0.915. The van der Waals surface area contributed by atoms with Gasteiger partial charge in [-0.3, -0.25) is 4.79 Å². The molecule has 4 rings (SSSR count). The Balaban J connectivity index is 1.67. The van der Waals surface area contributed by atoms with Crippen LogP contribution < -0.4 is 10.2 Å². The summed E-state index contributed by atoms with van der Waals surface area (Å²) >= 11 is -0.915. The fraction of sp³-hybridized carbons (Fsp3) is 0.300. The maximum absolute atomic E-state index is 12.2. The molecule has 1 N–H and O–H groups in total. The molecule has 0 bridgehead atoms. The Morgan fingerprint density at radius 2 is 1.77 bits per heavy atom. The Labute approximate surface area is 162 Å². The lowest BCUT2D eigenvalue weighted by Gasteiger charge is -2.37. The first-order valence-corrected chi connectivity index (χ1v) is 10.8. The van der Waals surface area contributed by atoms with E-state index in [9.17, 15) is 10.1 Å². The lowest BCUT2D eigenvalue weighted by Crippen LogP contribution is -2.34. The van der Waals surface area contributed by atoms with Crippen LogP contribution in [0.25, 0.3) is 6.08 Å². The molecule has 5 nitrogen and oxygen atoms in total. The van der Waals surface area contributed by atoms with E-state index in [-0.39, 0.29) is 11.6 Å². The third-order valence-electron chi connectivity index (χ3n) is 4.86. The van der Waals surface area contributed by atoms with Gasteiger partial charge in [-0.25, -0.2) is 0 Å². The first-order chi connectivity index (χ1) is 12.7. The molecular weight excluding hydrogens is 439 g/mol. The van der Waals surface area contributed by atoms with E-state index in [1.807, 2.05) is 18.2 Å². The highest BCUT2D eigenvalue weighted by atomic mass is 127. The summed E-state index contributed by atoms with van der Waals surface area (Å²) in [6, 6.07) is 8.42. The van der Waals surface area contributed by atoms with E-state index in [1.54, 1.807) is 0 Å². The van der Waals surface area contributed by atoms with Gasteiger partial charge in [0.1, 0.15) is 21.4 Å². The van der Waals surface area contributed by atoms with Crippen molar-refractivity contribution in [2.75, 3.05) is 18.0 Å². The number of anilines is 1. The summed E-state index contributed by atoms with van der Waals surface area (Å²) in [6.45, 7) is 2.31. The maximum atomic E-state index is 12.2. The van der Waals surface area contributed by atoms with Crippen molar-refractivity contribution in [2.24, 2.45) is 0 Å². The van der Waals surface area contributed by atoms with Gasteiger partial charge in [0.15, 0.2) is 0 Å². The molecule has 0 aromatic heterocycles. The number of allylic oxidation sites excluding steroid dienone is 2. The van der Waals surface area contributed by atoms with Crippen LogP contribution in [-0.4, -0.2) is 22.5 Å². The van der Waals surface area contributed by atoms with Crippen molar-refractivity contribution in [1.29, 1.82) is 10.5 Å². The summed E-state index contributed by atoms with van der Waals surface area (Å²) < 4.78 is 1.04. The quantitative estimate of drug-likeness (QED) is 0.695. The molecule has 1 aromatic rings. The molecule has 0 atom stereocenters. The zero-order valence-electron chi connectivity index (χ0n) is 14.2. The van der Waals surface area contributed by atoms with Crippen molar-refractivity contribution >= 4 is 41.9 Å². The summed E-state index contributed by atoms with van der Waals surface area (Å²) in [5.74, 6) is -0.255. The molecule has 1 aromatic carbocycles. The molecule has 0 spiro atoms. The lowest BCUT2D eigenvalue weighted by molar-refractivity contribution is -0.113. The highest BCUT2D eigenvalue weighted by Gasteiger charge is 2.24. The Morgan fingerprint density at radius 1 is 1.08 bits per heavy atom. The number of carbonyl (C=O) groups excluding carboxylic acids is 1. The molecule has 0 saturated carbocycles. The van der Waals surface area contributed by atoms with E-state index in [4.69, 9.17) is 5.26 Å². The van der Waals surface area contributed by atoms with Gasteiger partial charge in [0.25, 0.3) is 5.91 Å². The molecule has 3 heterocycles. The van der Waals surface area contributed by atoms with Crippen molar-refractivity contribution in [3.05, 3.63) is 44.2 Å². The van der Waals surface area contributed by atoms with Gasteiger partial charge < -0.3 is 10.2 Å². The van der Waals surface area contributed by atoms with Gasteiger partial charge >= 0.3 is 0 Å². The molecule has 0 aliphatic carbocycles. The Morgan fingerprint density at radius 3 is 2.38 bits per heavy atom. The smallest absolute Gasteiger partial charge is 0.262 e. The monoisotopic (exact) mass is 456 g/mol. The molecular formula is C20H17IN4O. The van der Waals surface area contributed by atoms with E-state index in [0.29, 0.717) is 7.09 Å². The van der Waals surface area contributed by atoms with Crippen LogP contribution in [0, 0.1) is 22.7 Å². The van der Waals surface area contributed by atoms with Crippen LogP contribution in [0.3, 0.4) is 0 Å². The summed E-state index contributed by atoms with van der Waals surface area (Å²) in [7, 11) is 0. The number of rotatable bonds is 2.